The second kappa shape index (κ2) is 7.41. The van der Waals surface area contributed by atoms with Crippen LogP contribution < -0.4 is 4.74 Å². The van der Waals surface area contributed by atoms with E-state index in [4.69, 9.17) is 4.74 Å². The Morgan fingerprint density at radius 2 is 1.79 bits per heavy atom. The van der Waals surface area contributed by atoms with Crippen molar-refractivity contribution in [3.63, 3.8) is 0 Å². The maximum absolute atomic E-state index is 13.4. The lowest BCUT2D eigenvalue weighted by Crippen LogP contribution is -2.52. The predicted octanol–water partition coefficient (Wildman–Crippen LogP) is 2.29. The Hall–Kier alpha value is -3.73. The zero-order valence-electron chi connectivity index (χ0n) is 18.2. The van der Waals surface area contributed by atoms with Gasteiger partial charge in [-0.3, -0.25) is 9.78 Å². The van der Waals surface area contributed by atoms with Crippen molar-refractivity contribution in [2.24, 2.45) is 5.92 Å². The average molecular weight is 441 g/mol. The number of pyridine rings is 1. The number of nitrogens with zero attached hydrogens (tertiary/aromatic N) is 3. The maximum atomic E-state index is 13.4. The Morgan fingerprint density at radius 1 is 1.09 bits per heavy atom. The fourth-order valence-corrected chi connectivity index (χ4v) is 5.47. The second-order valence-corrected chi connectivity index (χ2v) is 8.74. The van der Waals surface area contributed by atoms with Gasteiger partial charge in [0.25, 0.3) is 0 Å². The van der Waals surface area contributed by atoms with Crippen LogP contribution in [0.3, 0.4) is 0 Å². The lowest BCUT2D eigenvalue weighted by Gasteiger charge is -2.40. The van der Waals surface area contributed by atoms with Gasteiger partial charge in [-0.15, -0.1) is 0 Å². The molecule has 2 aliphatic rings. The lowest BCUT2D eigenvalue weighted by molar-refractivity contribution is -0.157. The summed E-state index contributed by atoms with van der Waals surface area (Å²) in [5.41, 5.74) is -1.63. The number of hydrogen-bond acceptors (Lipinski definition) is 6. The summed E-state index contributed by atoms with van der Waals surface area (Å²) in [6, 6.07) is 21.5. The fraction of sp³-hybridized carbons (Fsp3) is 0.269. The van der Waals surface area contributed by atoms with E-state index in [1.807, 2.05) is 30.3 Å². The standard InChI is InChI=1S/C26H23N3O4/c1-29(2)24(31)20-21(17-7-4-3-5-8-17)26(18-12-10-16(15-27)11-13-18)25(32,23(20)30)22-19(33-26)9-6-14-28-22/h3-14,20-21,23,30,32H,1-2H3/t20-,21-,23-,25+,26+/m1/s1. The first-order chi connectivity index (χ1) is 15.9. The van der Waals surface area contributed by atoms with Gasteiger partial charge in [0, 0.05) is 26.2 Å². The van der Waals surface area contributed by atoms with E-state index in [0.717, 1.165) is 5.56 Å². The number of benzene rings is 2. The monoisotopic (exact) mass is 441 g/mol. The van der Waals surface area contributed by atoms with Crippen LogP contribution in [0.4, 0.5) is 0 Å². The second-order valence-electron chi connectivity index (χ2n) is 8.74. The Balaban J connectivity index is 1.86. The minimum absolute atomic E-state index is 0.192. The summed E-state index contributed by atoms with van der Waals surface area (Å²) in [5.74, 6) is -1.72. The maximum Gasteiger partial charge on any atom is 0.228 e. The largest absolute Gasteiger partial charge is 0.476 e. The topological polar surface area (TPSA) is 107 Å². The quantitative estimate of drug-likeness (QED) is 0.646. The van der Waals surface area contributed by atoms with Crippen LogP contribution in [0.15, 0.2) is 72.9 Å². The van der Waals surface area contributed by atoms with E-state index in [1.165, 1.54) is 11.1 Å². The number of ether oxygens (including phenoxy) is 1. The van der Waals surface area contributed by atoms with Crippen molar-refractivity contribution in [1.82, 2.24) is 9.88 Å². The van der Waals surface area contributed by atoms with Crippen LogP contribution >= 0.6 is 0 Å². The molecule has 3 aromatic rings. The molecule has 1 saturated carbocycles. The third-order valence-corrected chi connectivity index (χ3v) is 6.86. The zero-order valence-corrected chi connectivity index (χ0v) is 18.2. The van der Waals surface area contributed by atoms with Gasteiger partial charge in [-0.2, -0.15) is 5.26 Å². The number of fused-ring (bicyclic) bond motifs is 3. The molecule has 166 valence electrons. The molecule has 1 aliphatic heterocycles. The number of nitriles is 1. The predicted molar refractivity (Wildman–Crippen MR) is 119 cm³/mol. The van der Waals surface area contributed by atoms with E-state index >= 15 is 0 Å². The highest BCUT2D eigenvalue weighted by Gasteiger charge is 2.78. The molecular weight excluding hydrogens is 418 g/mol. The molecule has 2 N–H and O–H groups in total. The van der Waals surface area contributed by atoms with Crippen molar-refractivity contribution in [1.29, 1.82) is 5.26 Å². The summed E-state index contributed by atoms with van der Waals surface area (Å²) in [7, 11) is 3.24. The Bertz CT molecular complexity index is 1250. The van der Waals surface area contributed by atoms with Crippen LogP contribution in [0.25, 0.3) is 0 Å². The number of aliphatic hydroxyl groups excluding tert-OH is 1. The molecule has 1 aliphatic carbocycles. The molecule has 7 heteroatoms. The molecule has 0 bridgehead atoms. The first-order valence-electron chi connectivity index (χ1n) is 10.7. The smallest absolute Gasteiger partial charge is 0.228 e. The number of aromatic nitrogens is 1. The number of aliphatic hydroxyl groups is 2. The fourth-order valence-electron chi connectivity index (χ4n) is 5.47. The van der Waals surface area contributed by atoms with Crippen molar-refractivity contribution in [3.8, 4) is 11.8 Å². The normalized spacial score (nSPS) is 29.5. The van der Waals surface area contributed by atoms with E-state index in [-0.39, 0.29) is 11.6 Å². The highest BCUT2D eigenvalue weighted by molar-refractivity contribution is 5.82. The van der Waals surface area contributed by atoms with Crippen LogP contribution in [0, 0.1) is 17.2 Å². The molecule has 0 spiro atoms. The molecule has 2 aromatic carbocycles. The highest BCUT2D eigenvalue weighted by atomic mass is 16.5. The molecule has 1 fully saturated rings. The van der Waals surface area contributed by atoms with Gasteiger partial charge in [0.05, 0.1) is 17.6 Å². The van der Waals surface area contributed by atoms with Crippen molar-refractivity contribution in [3.05, 3.63) is 95.3 Å². The summed E-state index contributed by atoms with van der Waals surface area (Å²) >= 11 is 0. The lowest BCUT2D eigenvalue weighted by atomic mass is 9.71. The van der Waals surface area contributed by atoms with Gasteiger partial charge in [0.2, 0.25) is 5.91 Å². The summed E-state index contributed by atoms with van der Waals surface area (Å²) in [6.07, 6.45) is 0.0322. The van der Waals surface area contributed by atoms with Crippen molar-refractivity contribution < 1.29 is 19.7 Å². The van der Waals surface area contributed by atoms with Gasteiger partial charge in [-0.25, -0.2) is 0 Å². The van der Waals surface area contributed by atoms with Gasteiger partial charge >= 0.3 is 0 Å². The van der Waals surface area contributed by atoms with E-state index in [0.29, 0.717) is 16.9 Å². The van der Waals surface area contributed by atoms with Crippen molar-refractivity contribution >= 4 is 5.91 Å². The van der Waals surface area contributed by atoms with Crippen LogP contribution in [-0.4, -0.2) is 46.2 Å². The summed E-state index contributed by atoms with van der Waals surface area (Å²) in [5, 5.41) is 33.3. The number of carbonyl (C=O) groups excluding carboxylic acids is 1. The molecule has 2 heterocycles. The minimum atomic E-state index is -2.01. The molecule has 5 rings (SSSR count). The number of amides is 1. The summed E-state index contributed by atoms with van der Waals surface area (Å²) < 4.78 is 6.55. The van der Waals surface area contributed by atoms with Crippen LogP contribution in [0.5, 0.6) is 5.75 Å². The third kappa shape index (κ3) is 2.68. The van der Waals surface area contributed by atoms with Crippen molar-refractivity contribution in [2.75, 3.05) is 14.1 Å². The Labute approximate surface area is 191 Å². The van der Waals surface area contributed by atoms with E-state index in [2.05, 4.69) is 11.1 Å². The average Bonchev–Trinajstić information content (AvgIpc) is 3.22. The molecule has 0 unspecified atom stereocenters. The van der Waals surface area contributed by atoms with Crippen LogP contribution in [-0.2, 0) is 16.0 Å². The molecule has 5 atom stereocenters. The molecule has 1 aromatic heterocycles. The van der Waals surface area contributed by atoms with Crippen LogP contribution in [0.1, 0.15) is 28.3 Å². The van der Waals surface area contributed by atoms with E-state index in [9.17, 15) is 20.3 Å². The molecule has 33 heavy (non-hydrogen) atoms. The SMILES string of the molecule is CN(C)C(=O)[C@H]1[C@@H](O)[C@@]2(O)c3ncccc3O[C@@]2(c2ccc(C#N)cc2)[C@@H]1c1ccccc1. The highest BCUT2D eigenvalue weighted by Crippen LogP contribution is 2.68. The summed E-state index contributed by atoms with van der Waals surface area (Å²) in [4.78, 5) is 19.2. The van der Waals surface area contributed by atoms with E-state index < -0.39 is 29.1 Å². The Kier molecular flexibility index (Phi) is 4.74. The number of rotatable bonds is 3. The molecule has 0 radical (unpaired) electrons. The third-order valence-electron chi connectivity index (χ3n) is 6.86. The number of carbonyl (C=O) groups is 1. The van der Waals surface area contributed by atoms with Gasteiger partial charge < -0.3 is 19.8 Å². The first-order valence-corrected chi connectivity index (χ1v) is 10.7. The Morgan fingerprint density at radius 3 is 2.42 bits per heavy atom. The molecule has 0 saturated heterocycles. The first kappa shape index (κ1) is 21.1. The molecule has 7 nitrogen and oxygen atoms in total. The van der Waals surface area contributed by atoms with Gasteiger partial charge in [-0.1, -0.05) is 42.5 Å². The number of hydrogen-bond donors (Lipinski definition) is 2. The van der Waals surface area contributed by atoms with E-state index in [1.54, 1.807) is 50.5 Å². The summed E-state index contributed by atoms with van der Waals surface area (Å²) in [6.45, 7) is 0. The molecular formula is C26H23N3O4. The van der Waals surface area contributed by atoms with Crippen LogP contribution in [0.2, 0.25) is 0 Å². The molecule has 1 amide bonds. The van der Waals surface area contributed by atoms with Gasteiger partial charge in [-0.05, 0) is 35.4 Å². The van der Waals surface area contributed by atoms with Gasteiger partial charge in [0.15, 0.2) is 11.2 Å². The van der Waals surface area contributed by atoms with Gasteiger partial charge in [0.1, 0.15) is 17.5 Å². The zero-order chi connectivity index (χ0) is 23.4. The minimum Gasteiger partial charge on any atom is -0.476 e. The van der Waals surface area contributed by atoms with Crippen molar-refractivity contribution in [2.45, 2.75) is 23.2 Å².